The van der Waals surface area contributed by atoms with Gasteiger partial charge in [0.05, 0.1) is 0 Å². The number of thiocarbonyl (C=S) groups is 1. The van der Waals surface area contributed by atoms with Crippen molar-refractivity contribution in [2.75, 3.05) is 5.32 Å². The number of rotatable bonds is 4. The van der Waals surface area contributed by atoms with E-state index in [9.17, 15) is 0 Å². The maximum absolute atomic E-state index is 5.60. The number of anilines is 1. The number of aromatic nitrogens is 1. The Morgan fingerprint density at radius 2 is 2.00 bits per heavy atom. The van der Waals surface area contributed by atoms with Gasteiger partial charge in [-0.15, -0.1) is 0 Å². The Balaban J connectivity index is 2.08. The third-order valence-electron chi connectivity index (χ3n) is 2.74. The SMILES string of the molecule is Cc1cc(C(N)=S)ccc1NCc1ccncc1. The van der Waals surface area contributed by atoms with Crippen LogP contribution in [0.5, 0.6) is 0 Å². The average Bonchev–Trinajstić information content (AvgIpc) is 2.38. The minimum atomic E-state index is 0.429. The molecule has 0 unspecified atom stereocenters. The number of nitrogens with zero attached hydrogens (tertiary/aromatic N) is 1. The molecule has 1 aromatic carbocycles. The summed E-state index contributed by atoms with van der Waals surface area (Å²) < 4.78 is 0. The molecule has 0 atom stereocenters. The Morgan fingerprint density at radius 1 is 1.28 bits per heavy atom. The first kappa shape index (κ1) is 12.5. The molecule has 0 bridgehead atoms. The number of benzene rings is 1. The lowest BCUT2D eigenvalue weighted by Gasteiger charge is -2.10. The highest BCUT2D eigenvalue weighted by atomic mass is 32.1. The molecule has 3 N–H and O–H groups in total. The lowest BCUT2D eigenvalue weighted by molar-refractivity contribution is 1.12. The zero-order valence-corrected chi connectivity index (χ0v) is 11.0. The van der Waals surface area contributed by atoms with Crippen LogP contribution >= 0.6 is 12.2 Å². The second-order valence-electron chi connectivity index (χ2n) is 4.10. The van der Waals surface area contributed by atoms with Crippen LogP contribution in [0.3, 0.4) is 0 Å². The molecule has 0 amide bonds. The van der Waals surface area contributed by atoms with Crippen LogP contribution < -0.4 is 11.1 Å². The molecule has 0 radical (unpaired) electrons. The summed E-state index contributed by atoms with van der Waals surface area (Å²) in [6, 6.07) is 9.92. The van der Waals surface area contributed by atoms with E-state index in [0.29, 0.717) is 4.99 Å². The van der Waals surface area contributed by atoms with Crippen molar-refractivity contribution < 1.29 is 0 Å². The standard InChI is InChI=1S/C14H15N3S/c1-10-8-12(14(15)18)2-3-13(10)17-9-11-4-6-16-7-5-11/h2-8,17H,9H2,1H3,(H2,15,18). The molecule has 2 rings (SSSR count). The van der Waals surface area contributed by atoms with E-state index in [1.54, 1.807) is 12.4 Å². The van der Waals surface area contributed by atoms with Crippen molar-refractivity contribution in [3.05, 3.63) is 59.4 Å². The number of pyridine rings is 1. The van der Waals surface area contributed by atoms with E-state index in [1.165, 1.54) is 5.56 Å². The average molecular weight is 257 g/mol. The molecule has 0 aliphatic rings. The lowest BCUT2D eigenvalue weighted by atomic mass is 10.1. The van der Waals surface area contributed by atoms with Crippen LogP contribution in [0, 0.1) is 6.92 Å². The molecule has 0 fully saturated rings. The molecule has 18 heavy (non-hydrogen) atoms. The predicted molar refractivity (Wildman–Crippen MR) is 78.6 cm³/mol. The molecule has 0 saturated carbocycles. The molecule has 1 aromatic heterocycles. The van der Waals surface area contributed by atoms with Gasteiger partial charge in [-0.25, -0.2) is 0 Å². The minimum Gasteiger partial charge on any atom is -0.389 e. The summed E-state index contributed by atoms with van der Waals surface area (Å²) in [5.74, 6) is 0. The van der Waals surface area contributed by atoms with Crippen LogP contribution in [0.4, 0.5) is 5.69 Å². The maximum atomic E-state index is 5.60. The summed E-state index contributed by atoms with van der Waals surface area (Å²) >= 11 is 4.96. The Hall–Kier alpha value is -1.94. The number of aryl methyl sites for hydroxylation is 1. The molecular formula is C14H15N3S. The Morgan fingerprint density at radius 3 is 2.61 bits per heavy atom. The zero-order chi connectivity index (χ0) is 13.0. The highest BCUT2D eigenvalue weighted by molar-refractivity contribution is 7.80. The van der Waals surface area contributed by atoms with Crippen LogP contribution in [-0.4, -0.2) is 9.97 Å². The van der Waals surface area contributed by atoms with E-state index in [-0.39, 0.29) is 0 Å². The van der Waals surface area contributed by atoms with E-state index in [2.05, 4.69) is 10.3 Å². The van der Waals surface area contributed by atoms with Gasteiger partial charge in [-0.05, 0) is 48.4 Å². The molecule has 92 valence electrons. The van der Waals surface area contributed by atoms with Crippen molar-refractivity contribution in [3.8, 4) is 0 Å². The highest BCUT2D eigenvalue weighted by Gasteiger charge is 2.01. The van der Waals surface area contributed by atoms with Gasteiger partial charge in [-0.1, -0.05) is 12.2 Å². The van der Waals surface area contributed by atoms with Crippen molar-refractivity contribution in [1.82, 2.24) is 4.98 Å². The third kappa shape index (κ3) is 3.05. The number of nitrogens with one attached hydrogen (secondary N) is 1. The fourth-order valence-corrected chi connectivity index (χ4v) is 1.84. The Kier molecular flexibility index (Phi) is 3.89. The molecule has 0 aliphatic carbocycles. The molecule has 3 nitrogen and oxygen atoms in total. The number of hydrogen-bond acceptors (Lipinski definition) is 3. The third-order valence-corrected chi connectivity index (χ3v) is 2.98. The summed E-state index contributed by atoms with van der Waals surface area (Å²) in [7, 11) is 0. The van der Waals surface area contributed by atoms with Gasteiger partial charge in [0.25, 0.3) is 0 Å². The van der Waals surface area contributed by atoms with Crippen LogP contribution in [0.2, 0.25) is 0 Å². The smallest absolute Gasteiger partial charge is 0.103 e. The van der Waals surface area contributed by atoms with Crippen molar-refractivity contribution in [2.24, 2.45) is 5.73 Å². The molecule has 0 aliphatic heterocycles. The molecule has 2 aromatic rings. The van der Waals surface area contributed by atoms with Crippen molar-refractivity contribution in [1.29, 1.82) is 0 Å². The first-order chi connectivity index (χ1) is 8.66. The number of nitrogens with two attached hydrogens (primary N) is 1. The monoisotopic (exact) mass is 257 g/mol. The van der Waals surface area contributed by atoms with E-state index in [4.69, 9.17) is 18.0 Å². The zero-order valence-electron chi connectivity index (χ0n) is 10.2. The first-order valence-corrected chi connectivity index (χ1v) is 6.11. The van der Waals surface area contributed by atoms with Crippen molar-refractivity contribution >= 4 is 22.9 Å². The minimum absolute atomic E-state index is 0.429. The van der Waals surface area contributed by atoms with E-state index < -0.39 is 0 Å². The largest absolute Gasteiger partial charge is 0.389 e. The van der Waals surface area contributed by atoms with Crippen LogP contribution in [0.1, 0.15) is 16.7 Å². The van der Waals surface area contributed by atoms with E-state index in [1.807, 2.05) is 37.3 Å². The van der Waals surface area contributed by atoms with Gasteiger partial charge in [0.15, 0.2) is 0 Å². The van der Waals surface area contributed by atoms with Gasteiger partial charge >= 0.3 is 0 Å². The Labute approximate surface area is 112 Å². The summed E-state index contributed by atoms with van der Waals surface area (Å²) in [6.45, 7) is 2.81. The van der Waals surface area contributed by atoms with Crippen molar-refractivity contribution in [2.45, 2.75) is 13.5 Å². The van der Waals surface area contributed by atoms with Gasteiger partial charge in [0, 0.05) is 30.2 Å². The van der Waals surface area contributed by atoms with Crippen LogP contribution in [-0.2, 0) is 6.54 Å². The van der Waals surface area contributed by atoms with Crippen LogP contribution in [0.15, 0.2) is 42.7 Å². The van der Waals surface area contributed by atoms with Gasteiger partial charge in [0.2, 0.25) is 0 Å². The second kappa shape index (κ2) is 5.60. The normalized spacial score (nSPS) is 10.1. The molecular weight excluding hydrogens is 242 g/mol. The summed E-state index contributed by atoms with van der Waals surface area (Å²) in [5.41, 5.74) is 9.92. The van der Waals surface area contributed by atoms with Crippen LogP contribution in [0.25, 0.3) is 0 Å². The molecule has 0 spiro atoms. The summed E-state index contributed by atoms with van der Waals surface area (Å²) in [4.78, 5) is 4.42. The molecule has 1 heterocycles. The topological polar surface area (TPSA) is 50.9 Å². The van der Waals surface area contributed by atoms with Gasteiger partial charge in [-0.2, -0.15) is 0 Å². The lowest BCUT2D eigenvalue weighted by Crippen LogP contribution is -2.10. The summed E-state index contributed by atoms with van der Waals surface area (Å²) in [5, 5.41) is 3.38. The predicted octanol–water partition coefficient (Wildman–Crippen LogP) is 2.64. The molecule has 0 saturated heterocycles. The maximum Gasteiger partial charge on any atom is 0.103 e. The van der Waals surface area contributed by atoms with Gasteiger partial charge < -0.3 is 11.1 Å². The van der Waals surface area contributed by atoms with Gasteiger partial charge in [0.1, 0.15) is 4.99 Å². The first-order valence-electron chi connectivity index (χ1n) is 5.70. The highest BCUT2D eigenvalue weighted by Crippen LogP contribution is 2.17. The van der Waals surface area contributed by atoms with E-state index >= 15 is 0 Å². The fraction of sp³-hybridized carbons (Fsp3) is 0.143. The Bertz CT molecular complexity index is 552. The quantitative estimate of drug-likeness (QED) is 0.827. The van der Waals surface area contributed by atoms with E-state index in [0.717, 1.165) is 23.4 Å². The second-order valence-corrected chi connectivity index (χ2v) is 4.54. The number of hydrogen-bond donors (Lipinski definition) is 2. The molecule has 4 heteroatoms. The van der Waals surface area contributed by atoms with Crippen molar-refractivity contribution in [3.63, 3.8) is 0 Å². The summed E-state index contributed by atoms with van der Waals surface area (Å²) in [6.07, 6.45) is 3.58. The van der Waals surface area contributed by atoms with Gasteiger partial charge in [-0.3, -0.25) is 4.98 Å². The fourth-order valence-electron chi connectivity index (χ4n) is 1.71.